The molecule has 2 N–H and O–H groups in total. The average molecular weight is 208 g/mol. The maximum absolute atomic E-state index is 12.0. The van der Waals surface area contributed by atoms with Gasteiger partial charge in [-0.25, -0.2) is 0 Å². The van der Waals surface area contributed by atoms with Crippen molar-refractivity contribution in [2.75, 3.05) is 0 Å². The van der Waals surface area contributed by atoms with Crippen LogP contribution in [0, 0.1) is 11.8 Å². The second-order valence-corrected chi connectivity index (χ2v) is 5.52. The van der Waals surface area contributed by atoms with Crippen molar-refractivity contribution >= 4 is 5.91 Å². The van der Waals surface area contributed by atoms with Crippen LogP contribution in [0.2, 0.25) is 0 Å². The van der Waals surface area contributed by atoms with Gasteiger partial charge >= 0.3 is 0 Å². The van der Waals surface area contributed by atoms with Gasteiger partial charge in [0, 0.05) is 18.1 Å². The molecule has 2 aliphatic heterocycles. The minimum Gasteiger partial charge on any atom is -0.353 e. The Balaban J connectivity index is 1.55. The van der Waals surface area contributed by atoms with E-state index in [-0.39, 0.29) is 5.92 Å². The molecule has 0 radical (unpaired) electrons. The Kier molecular flexibility index (Phi) is 2.23. The Hall–Kier alpha value is -0.570. The third-order valence-electron chi connectivity index (χ3n) is 4.34. The summed E-state index contributed by atoms with van der Waals surface area (Å²) in [5.41, 5.74) is 0. The molecule has 1 aliphatic carbocycles. The van der Waals surface area contributed by atoms with Crippen LogP contribution in [0.1, 0.15) is 39.0 Å². The maximum atomic E-state index is 12.0. The summed E-state index contributed by atoms with van der Waals surface area (Å²) in [4.78, 5) is 12.0. The molecule has 4 unspecified atom stereocenters. The molecule has 2 bridgehead atoms. The van der Waals surface area contributed by atoms with Crippen LogP contribution in [-0.2, 0) is 4.79 Å². The highest BCUT2D eigenvalue weighted by Gasteiger charge is 2.43. The first kappa shape index (κ1) is 9.64. The highest BCUT2D eigenvalue weighted by Crippen LogP contribution is 2.35. The van der Waals surface area contributed by atoms with Crippen molar-refractivity contribution in [3.05, 3.63) is 0 Å². The molecule has 2 heterocycles. The third-order valence-corrected chi connectivity index (χ3v) is 4.34. The van der Waals surface area contributed by atoms with E-state index in [0.717, 1.165) is 12.3 Å². The summed E-state index contributed by atoms with van der Waals surface area (Å²) in [7, 11) is 0. The SMILES string of the molecule is CC(NC(=O)C1CC2CCC1N2)C1CC1. The number of hydrogen-bond acceptors (Lipinski definition) is 2. The first-order chi connectivity index (χ1) is 7.24. The molecular formula is C12H20N2O. The van der Waals surface area contributed by atoms with Gasteiger partial charge in [0.05, 0.1) is 5.92 Å². The van der Waals surface area contributed by atoms with Gasteiger partial charge in [-0.15, -0.1) is 0 Å². The summed E-state index contributed by atoms with van der Waals surface area (Å²) in [6.07, 6.45) is 6.13. The lowest BCUT2D eigenvalue weighted by atomic mass is 9.88. The van der Waals surface area contributed by atoms with Crippen LogP contribution in [-0.4, -0.2) is 24.0 Å². The van der Waals surface area contributed by atoms with Crippen LogP contribution >= 0.6 is 0 Å². The Labute approximate surface area is 91.0 Å². The second-order valence-electron chi connectivity index (χ2n) is 5.52. The predicted molar refractivity (Wildman–Crippen MR) is 58.4 cm³/mol. The van der Waals surface area contributed by atoms with Crippen LogP contribution in [0.15, 0.2) is 0 Å². The molecule has 0 aromatic heterocycles. The van der Waals surface area contributed by atoms with Crippen LogP contribution in [0.3, 0.4) is 0 Å². The van der Waals surface area contributed by atoms with E-state index in [9.17, 15) is 4.79 Å². The van der Waals surface area contributed by atoms with E-state index < -0.39 is 0 Å². The number of carbonyl (C=O) groups is 1. The minimum absolute atomic E-state index is 0.255. The zero-order valence-electron chi connectivity index (χ0n) is 9.33. The minimum atomic E-state index is 0.255. The fourth-order valence-electron chi connectivity index (χ4n) is 3.16. The van der Waals surface area contributed by atoms with E-state index in [1.54, 1.807) is 0 Å². The molecule has 3 rings (SSSR count). The fraction of sp³-hybridized carbons (Fsp3) is 0.917. The predicted octanol–water partition coefficient (Wildman–Crippen LogP) is 1.04. The van der Waals surface area contributed by atoms with Gasteiger partial charge in [-0.2, -0.15) is 0 Å². The number of nitrogens with one attached hydrogen (secondary N) is 2. The van der Waals surface area contributed by atoms with Crippen LogP contribution in [0.4, 0.5) is 0 Å². The van der Waals surface area contributed by atoms with Crippen molar-refractivity contribution in [2.24, 2.45) is 11.8 Å². The van der Waals surface area contributed by atoms with Crippen molar-refractivity contribution in [3.63, 3.8) is 0 Å². The summed E-state index contributed by atoms with van der Waals surface area (Å²) in [5.74, 6) is 1.32. The summed E-state index contributed by atoms with van der Waals surface area (Å²) in [6.45, 7) is 2.15. The monoisotopic (exact) mass is 208 g/mol. The van der Waals surface area contributed by atoms with E-state index in [2.05, 4.69) is 17.6 Å². The first-order valence-electron chi connectivity index (χ1n) is 6.30. The number of fused-ring (bicyclic) bond motifs is 2. The lowest BCUT2D eigenvalue weighted by Crippen LogP contribution is -2.42. The zero-order valence-corrected chi connectivity index (χ0v) is 9.33. The lowest BCUT2D eigenvalue weighted by molar-refractivity contribution is -0.126. The number of carbonyl (C=O) groups excluding carboxylic acids is 1. The molecule has 15 heavy (non-hydrogen) atoms. The molecule has 1 amide bonds. The molecule has 1 saturated carbocycles. The fourth-order valence-corrected chi connectivity index (χ4v) is 3.16. The van der Waals surface area contributed by atoms with Gasteiger partial charge in [0.1, 0.15) is 0 Å². The maximum Gasteiger partial charge on any atom is 0.224 e. The topological polar surface area (TPSA) is 41.1 Å². The Morgan fingerprint density at radius 3 is 2.67 bits per heavy atom. The van der Waals surface area contributed by atoms with Crippen molar-refractivity contribution in [1.82, 2.24) is 10.6 Å². The van der Waals surface area contributed by atoms with Crippen molar-refractivity contribution in [2.45, 2.75) is 57.2 Å². The standard InChI is InChI=1S/C12H20N2O/c1-7(8-2-3-8)13-12(15)10-6-9-4-5-11(10)14-9/h7-11,14H,2-6H2,1H3,(H,13,15). The van der Waals surface area contributed by atoms with Gasteiger partial charge in [0.2, 0.25) is 5.91 Å². The van der Waals surface area contributed by atoms with Gasteiger partial charge in [0.25, 0.3) is 0 Å². The van der Waals surface area contributed by atoms with Crippen LogP contribution < -0.4 is 10.6 Å². The summed E-state index contributed by atoms with van der Waals surface area (Å²) in [5, 5.41) is 6.71. The highest BCUT2D eigenvalue weighted by molar-refractivity contribution is 5.80. The molecule has 0 spiro atoms. The molecule has 0 aromatic carbocycles. The summed E-state index contributed by atoms with van der Waals surface area (Å²) >= 11 is 0. The van der Waals surface area contributed by atoms with Gasteiger partial charge < -0.3 is 10.6 Å². The second kappa shape index (κ2) is 3.48. The average Bonchev–Trinajstić information content (AvgIpc) is 2.87. The van der Waals surface area contributed by atoms with Crippen molar-refractivity contribution < 1.29 is 4.79 Å². The lowest BCUT2D eigenvalue weighted by Gasteiger charge is -2.22. The van der Waals surface area contributed by atoms with E-state index >= 15 is 0 Å². The first-order valence-corrected chi connectivity index (χ1v) is 6.30. The molecule has 0 aromatic rings. The molecule has 2 saturated heterocycles. The Morgan fingerprint density at radius 2 is 2.13 bits per heavy atom. The molecule has 3 aliphatic rings. The van der Waals surface area contributed by atoms with E-state index in [0.29, 0.717) is 24.0 Å². The molecule has 3 heteroatoms. The highest BCUT2D eigenvalue weighted by atomic mass is 16.2. The molecule has 84 valence electrons. The number of rotatable bonds is 3. The zero-order chi connectivity index (χ0) is 10.4. The molecular weight excluding hydrogens is 188 g/mol. The summed E-state index contributed by atoms with van der Waals surface area (Å²) < 4.78 is 0. The number of hydrogen-bond donors (Lipinski definition) is 2. The van der Waals surface area contributed by atoms with Crippen LogP contribution in [0.5, 0.6) is 0 Å². The van der Waals surface area contributed by atoms with Crippen molar-refractivity contribution in [1.29, 1.82) is 0 Å². The van der Waals surface area contributed by atoms with E-state index in [4.69, 9.17) is 0 Å². The van der Waals surface area contributed by atoms with Gasteiger partial charge in [-0.1, -0.05) is 0 Å². The largest absolute Gasteiger partial charge is 0.353 e. The Bertz CT molecular complexity index is 275. The van der Waals surface area contributed by atoms with Gasteiger partial charge in [-0.05, 0) is 44.9 Å². The van der Waals surface area contributed by atoms with Crippen molar-refractivity contribution in [3.8, 4) is 0 Å². The summed E-state index contributed by atoms with van der Waals surface area (Å²) in [6, 6.07) is 1.50. The third kappa shape index (κ3) is 1.78. The Morgan fingerprint density at radius 1 is 1.33 bits per heavy atom. The molecule has 4 atom stereocenters. The van der Waals surface area contributed by atoms with E-state index in [1.807, 2.05) is 0 Å². The quantitative estimate of drug-likeness (QED) is 0.727. The van der Waals surface area contributed by atoms with Gasteiger partial charge in [0.15, 0.2) is 0 Å². The van der Waals surface area contributed by atoms with Gasteiger partial charge in [-0.3, -0.25) is 4.79 Å². The van der Waals surface area contributed by atoms with Crippen LogP contribution in [0.25, 0.3) is 0 Å². The normalized spacial score (nSPS) is 40.5. The smallest absolute Gasteiger partial charge is 0.224 e. The van der Waals surface area contributed by atoms with E-state index in [1.165, 1.54) is 25.7 Å². The number of amides is 1. The molecule has 3 fully saturated rings. The molecule has 3 nitrogen and oxygen atoms in total.